The van der Waals surface area contributed by atoms with Gasteiger partial charge >= 0.3 is 12.2 Å². The third-order valence-electron chi connectivity index (χ3n) is 6.29. The van der Waals surface area contributed by atoms with Crippen LogP contribution in [0.5, 0.6) is 0 Å². The van der Waals surface area contributed by atoms with Gasteiger partial charge in [0.05, 0.1) is 16.5 Å². The SMILES string of the molecule is C=CCOC(=O)Nc1nc(C2=C(OC(=O)OCC=C)N3C(=O)[C@H](CO[Si](C)(C)C(C)(C)C)[C@H]3S2)c(C)s1. The Morgan fingerprint density at radius 2 is 1.84 bits per heavy atom. The van der Waals surface area contributed by atoms with Crippen LogP contribution < -0.4 is 5.32 Å². The number of ether oxygens (including phenoxy) is 3. The van der Waals surface area contributed by atoms with Gasteiger partial charge in [0.2, 0.25) is 11.8 Å². The first-order chi connectivity index (χ1) is 17.3. The lowest BCUT2D eigenvalue weighted by Crippen LogP contribution is -2.59. The lowest BCUT2D eigenvalue weighted by molar-refractivity contribution is -0.151. The maximum atomic E-state index is 13.2. The highest BCUT2D eigenvalue weighted by Crippen LogP contribution is 2.54. The van der Waals surface area contributed by atoms with E-state index in [2.05, 4.69) is 57.3 Å². The van der Waals surface area contributed by atoms with Gasteiger partial charge in [-0.2, -0.15) is 0 Å². The number of carbonyl (C=O) groups excluding carboxylic acids is 3. The lowest BCUT2D eigenvalue weighted by atomic mass is 10.00. The first-order valence-electron chi connectivity index (χ1n) is 11.7. The Bertz CT molecular complexity index is 1130. The van der Waals surface area contributed by atoms with Crippen LogP contribution in [-0.2, 0) is 23.4 Å². The van der Waals surface area contributed by atoms with E-state index in [1.54, 1.807) is 0 Å². The van der Waals surface area contributed by atoms with Gasteiger partial charge in [0, 0.05) is 11.5 Å². The monoisotopic (exact) mass is 567 g/mol. The van der Waals surface area contributed by atoms with Crippen LogP contribution in [0.4, 0.5) is 14.7 Å². The van der Waals surface area contributed by atoms with Crippen molar-refractivity contribution >= 4 is 59.6 Å². The van der Waals surface area contributed by atoms with E-state index in [0.29, 0.717) is 15.7 Å². The number of carbonyl (C=O) groups is 3. The minimum atomic E-state index is -2.07. The van der Waals surface area contributed by atoms with E-state index >= 15 is 0 Å². The fourth-order valence-electron chi connectivity index (χ4n) is 3.23. The number of nitrogens with zero attached hydrogens (tertiary/aromatic N) is 2. The standard InChI is InChI=1S/C24H33N3O7S2Si/c1-9-11-31-22(29)26-21-25-16(14(3)35-21)17-19(34-23(30)32-12-10-2)27-18(28)15(20(27)36-17)13-33-37(7,8)24(4,5)6/h9-10,15,20H,1-2,11-13H2,3-8H3,(H,25,26,29)/t15-,20+/m0/s1. The number of aromatic nitrogens is 1. The van der Waals surface area contributed by atoms with E-state index in [4.69, 9.17) is 18.6 Å². The van der Waals surface area contributed by atoms with Crippen LogP contribution >= 0.6 is 23.1 Å². The number of fused-ring (bicyclic) bond motifs is 1. The molecule has 0 unspecified atom stereocenters. The van der Waals surface area contributed by atoms with E-state index in [1.165, 1.54) is 40.2 Å². The van der Waals surface area contributed by atoms with E-state index in [9.17, 15) is 14.4 Å². The third kappa shape index (κ3) is 6.28. The minimum absolute atomic E-state index is 0.00280. The molecule has 0 spiro atoms. The summed E-state index contributed by atoms with van der Waals surface area (Å²) >= 11 is 2.61. The van der Waals surface area contributed by atoms with Crippen molar-refractivity contribution in [3.05, 3.63) is 41.8 Å². The molecule has 10 nitrogen and oxygen atoms in total. The number of hydrogen-bond donors (Lipinski definition) is 1. The summed E-state index contributed by atoms with van der Waals surface area (Å²) in [6.07, 6.45) is 1.25. The van der Waals surface area contributed by atoms with Crippen molar-refractivity contribution in [2.24, 2.45) is 5.92 Å². The van der Waals surface area contributed by atoms with Crippen LogP contribution in [0.25, 0.3) is 4.91 Å². The second-order valence-corrected chi connectivity index (χ2v) is 17.1. The van der Waals surface area contributed by atoms with Crippen molar-refractivity contribution in [2.75, 3.05) is 25.1 Å². The van der Waals surface area contributed by atoms with Crippen molar-refractivity contribution in [3.8, 4) is 0 Å². The summed E-state index contributed by atoms with van der Waals surface area (Å²) in [5, 5.41) is 2.57. The van der Waals surface area contributed by atoms with Crippen molar-refractivity contribution in [1.29, 1.82) is 0 Å². The Balaban J connectivity index is 1.85. The second kappa shape index (κ2) is 11.4. The molecule has 37 heavy (non-hydrogen) atoms. The zero-order valence-electron chi connectivity index (χ0n) is 21.9. The molecule has 2 aliphatic heterocycles. The van der Waals surface area contributed by atoms with Crippen LogP contribution in [0.1, 0.15) is 31.3 Å². The molecule has 0 aliphatic carbocycles. The van der Waals surface area contributed by atoms with E-state index in [0.717, 1.165) is 4.88 Å². The summed E-state index contributed by atoms with van der Waals surface area (Å²) in [6, 6.07) is 0. The highest BCUT2D eigenvalue weighted by molar-refractivity contribution is 8.09. The fourth-order valence-corrected chi connectivity index (χ4v) is 6.59. The molecule has 0 radical (unpaired) electrons. The van der Waals surface area contributed by atoms with Gasteiger partial charge in [0.1, 0.15) is 18.6 Å². The molecule has 202 valence electrons. The highest BCUT2D eigenvalue weighted by atomic mass is 32.2. The highest BCUT2D eigenvalue weighted by Gasteiger charge is 2.57. The van der Waals surface area contributed by atoms with Crippen LogP contribution in [-0.4, -0.2) is 61.6 Å². The summed E-state index contributed by atoms with van der Waals surface area (Å²) in [6.45, 7) is 19.9. The van der Waals surface area contributed by atoms with E-state index in [1.807, 2.05) is 6.92 Å². The van der Waals surface area contributed by atoms with Crippen LogP contribution in [0.15, 0.2) is 31.2 Å². The lowest BCUT2D eigenvalue weighted by Gasteiger charge is -2.44. The van der Waals surface area contributed by atoms with Gasteiger partial charge in [-0.25, -0.2) is 14.6 Å². The van der Waals surface area contributed by atoms with Gasteiger partial charge in [0.15, 0.2) is 13.4 Å². The number of hydrogen-bond acceptors (Lipinski definition) is 10. The summed E-state index contributed by atoms with van der Waals surface area (Å²) in [4.78, 5) is 44.7. The number of amides is 2. The molecular formula is C24H33N3O7S2Si. The molecule has 0 aromatic carbocycles. The average Bonchev–Trinajstić information content (AvgIpc) is 3.32. The smallest absolute Gasteiger partial charge is 0.445 e. The first kappa shape index (κ1) is 29.0. The van der Waals surface area contributed by atoms with Crippen molar-refractivity contribution in [1.82, 2.24) is 9.88 Å². The summed E-state index contributed by atoms with van der Waals surface area (Å²) < 4.78 is 21.8. The van der Waals surface area contributed by atoms with Gasteiger partial charge in [-0.1, -0.05) is 57.8 Å². The molecule has 2 atom stereocenters. The molecule has 1 aromatic heterocycles. The van der Waals surface area contributed by atoms with Crippen molar-refractivity contribution in [2.45, 2.75) is 51.2 Å². The van der Waals surface area contributed by atoms with Crippen LogP contribution in [0, 0.1) is 12.8 Å². The Labute approximate surface area is 226 Å². The van der Waals surface area contributed by atoms with E-state index in [-0.39, 0.29) is 42.0 Å². The molecular weight excluding hydrogens is 534 g/mol. The van der Waals surface area contributed by atoms with Gasteiger partial charge < -0.3 is 18.6 Å². The van der Waals surface area contributed by atoms with Crippen molar-refractivity contribution in [3.63, 3.8) is 0 Å². The Hall–Kier alpha value is -2.61. The van der Waals surface area contributed by atoms with Gasteiger partial charge in [-0.05, 0) is 25.1 Å². The predicted molar refractivity (Wildman–Crippen MR) is 146 cm³/mol. The Morgan fingerprint density at radius 1 is 1.19 bits per heavy atom. The molecule has 1 aromatic rings. The molecule has 1 fully saturated rings. The molecule has 3 rings (SSSR count). The number of aryl methyl sites for hydroxylation is 1. The number of nitrogens with one attached hydrogen (secondary N) is 1. The number of anilines is 1. The topological polar surface area (TPSA) is 116 Å². The summed E-state index contributed by atoms with van der Waals surface area (Å²) in [5.74, 6) is -0.534. The number of rotatable bonds is 10. The minimum Gasteiger partial charge on any atom is -0.445 e. The normalized spacial score (nSPS) is 19.2. The summed E-state index contributed by atoms with van der Waals surface area (Å²) in [5.41, 5.74) is 0.492. The molecule has 1 saturated heterocycles. The van der Waals surface area contributed by atoms with Crippen LogP contribution in [0.3, 0.4) is 0 Å². The molecule has 2 aliphatic rings. The largest absolute Gasteiger partial charge is 0.515 e. The predicted octanol–water partition coefficient (Wildman–Crippen LogP) is 5.70. The first-order valence-corrected chi connectivity index (χ1v) is 16.3. The summed E-state index contributed by atoms with van der Waals surface area (Å²) in [7, 11) is -2.07. The quantitative estimate of drug-likeness (QED) is 0.164. The van der Waals surface area contributed by atoms with Gasteiger partial charge in [-0.3, -0.25) is 15.0 Å². The number of thiazole rings is 1. The van der Waals surface area contributed by atoms with Crippen LogP contribution in [0.2, 0.25) is 18.1 Å². The zero-order chi connectivity index (χ0) is 27.5. The molecule has 2 amide bonds. The Morgan fingerprint density at radius 3 is 2.46 bits per heavy atom. The fraction of sp³-hybridized carbons (Fsp3) is 0.500. The van der Waals surface area contributed by atoms with Gasteiger partial charge in [0.25, 0.3) is 0 Å². The molecule has 0 saturated carbocycles. The zero-order valence-corrected chi connectivity index (χ0v) is 24.5. The van der Waals surface area contributed by atoms with Gasteiger partial charge in [-0.15, -0.1) is 11.3 Å². The van der Waals surface area contributed by atoms with E-state index < -0.39 is 26.5 Å². The maximum Gasteiger partial charge on any atom is 0.515 e. The molecule has 0 bridgehead atoms. The second-order valence-electron chi connectivity index (χ2n) is 9.92. The van der Waals surface area contributed by atoms with Crippen molar-refractivity contribution < 1.29 is 33.0 Å². The maximum absolute atomic E-state index is 13.2. The third-order valence-corrected chi connectivity index (χ3v) is 13.1. The molecule has 13 heteroatoms. The Kier molecular flexibility index (Phi) is 8.93. The average molecular weight is 568 g/mol. The number of β-lactam (4-membered cyclic amide) rings is 1. The number of thioether (sulfide) groups is 1. The molecule has 3 heterocycles. The molecule has 1 N–H and O–H groups in total.